The highest BCUT2D eigenvalue weighted by molar-refractivity contribution is 6.33. The van der Waals surface area contributed by atoms with E-state index in [0.29, 0.717) is 17.3 Å². The highest BCUT2D eigenvalue weighted by Crippen LogP contribution is 2.20. The summed E-state index contributed by atoms with van der Waals surface area (Å²) < 4.78 is 1.85. The first kappa shape index (κ1) is 11.0. The predicted molar refractivity (Wildman–Crippen MR) is 64.5 cm³/mol. The van der Waals surface area contributed by atoms with Gasteiger partial charge in [0.1, 0.15) is 11.6 Å². The number of rotatable bonds is 2. The third-order valence-corrected chi connectivity index (χ3v) is 2.70. The second kappa shape index (κ2) is 4.14. The van der Waals surface area contributed by atoms with Gasteiger partial charge in [-0.2, -0.15) is 5.10 Å². The topological polar surface area (TPSA) is 56.7 Å². The average molecular weight is 237 g/mol. The van der Waals surface area contributed by atoms with Crippen molar-refractivity contribution in [2.45, 2.75) is 20.4 Å². The van der Waals surface area contributed by atoms with Crippen LogP contribution in [0, 0.1) is 13.8 Å². The molecule has 0 saturated heterocycles. The van der Waals surface area contributed by atoms with Crippen molar-refractivity contribution in [1.29, 1.82) is 0 Å². The minimum absolute atomic E-state index is 0.579. The van der Waals surface area contributed by atoms with Crippen LogP contribution in [0.15, 0.2) is 18.2 Å². The number of benzene rings is 1. The molecule has 4 nitrogen and oxygen atoms in total. The van der Waals surface area contributed by atoms with E-state index in [2.05, 4.69) is 10.1 Å². The molecular weight excluding hydrogens is 224 g/mol. The lowest BCUT2D eigenvalue weighted by Crippen LogP contribution is -2.04. The molecule has 0 saturated carbocycles. The van der Waals surface area contributed by atoms with Crippen molar-refractivity contribution in [2.24, 2.45) is 0 Å². The molecule has 0 radical (unpaired) electrons. The first-order valence-corrected chi connectivity index (χ1v) is 5.36. The first-order valence-electron chi connectivity index (χ1n) is 4.98. The third-order valence-electron chi connectivity index (χ3n) is 2.36. The molecular formula is C11H13ClN4. The fourth-order valence-electron chi connectivity index (χ4n) is 1.58. The molecule has 16 heavy (non-hydrogen) atoms. The van der Waals surface area contributed by atoms with Crippen molar-refractivity contribution >= 4 is 17.3 Å². The van der Waals surface area contributed by atoms with Crippen LogP contribution < -0.4 is 5.73 Å². The Morgan fingerprint density at radius 3 is 2.69 bits per heavy atom. The van der Waals surface area contributed by atoms with Crippen LogP contribution >= 0.6 is 11.6 Å². The Balaban J connectivity index is 2.27. The molecule has 1 aromatic heterocycles. The smallest absolute Gasteiger partial charge is 0.147 e. The molecule has 1 aromatic carbocycles. The number of anilines is 1. The van der Waals surface area contributed by atoms with Gasteiger partial charge in [0, 0.05) is 0 Å². The molecule has 2 N–H and O–H groups in total. The van der Waals surface area contributed by atoms with Crippen molar-refractivity contribution in [3.63, 3.8) is 0 Å². The summed E-state index contributed by atoms with van der Waals surface area (Å²) in [5, 5.41) is 4.87. The lowest BCUT2D eigenvalue weighted by atomic mass is 10.2. The maximum Gasteiger partial charge on any atom is 0.147 e. The van der Waals surface area contributed by atoms with E-state index >= 15 is 0 Å². The Morgan fingerprint density at radius 1 is 1.38 bits per heavy atom. The lowest BCUT2D eigenvalue weighted by Gasteiger charge is -2.05. The van der Waals surface area contributed by atoms with Crippen LogP contribution in [0.5, 0.6) is 0 Å². The molecule has 0 aliphatic heterocycles. The molecule has 0 aliphatic rings. The Labute approximate surface area is 99.1 Å². The Bertz CT molecular complexity index is 519. The van der Waals surface area contributed by atoms with Gasteiger partial charge in [-0.1, -0.05) is 17.7 Å². The van der Waals surface area contributed by atoms with Gasteiger partial charge in [0.15, 0.2) is 0 Å². The summed E-state index contributed by atoms with van der Waals surface area (Å²) >= 11 is 5.86. The van der Waals surface area contributed by atoms with Crippen LogP contribution in [0.3, 0.4) is 0 Å². The van der Waals surface area contributed by atoms with Gasteiger partial charge in [0.2, 0.25) is 0 Å². The van der Waals surface area contributed by atoms with E-state index in [1.54, 1.807) is 6.07 Å². The summed E-state index contributed by atoms with van der Waals surface area (Å²) in [4.78, 5) is 4.24. The highest BCUT2D eigenvalue weighted by atomic mass is 35.5. The zero-order chi connectivity index (χ0) is 11.7. The molecule has 1 heterocycles. The molecule has 0 unspecified atom stereocenters. The number of halogens is 1. The van der Waals surface area contributed by atoms with E-state index in [1.807, 2.05) is 30.7 Å². The SMILES string of the molecule is Cc1nc(C)n(Cc2ccc(Cl)c(N)c2)n1. The maximum absolute atomic E-state index is 5.86. The molecule has 0 amide bonds. The molecule has 2 aromatic rings. The van der Waals surface area contributed by atoms with Crippen molar-refractivity contribution in [3.8, 4) is 0 Å². The second-order valence-corrected chi connectivity index (χ2v) is 4.13. The number of nitrogens with zero attached hydrogens (tertiary/aromatic N) is 3. The summed E-state index contributed by atoms with van der Waals surface area (Å²) in [6, 6.07) is 5.60. The Kier molecular flexibility index (Phi) is 2.83. The fourth-order valence-corrected chi connectivity index (χ4v) is 1.69. The van der Waals surface area contributed by atoms with Crippen LogP contribution in [0.25, 0.3) is 0 Å². The fraction of sp³-hybridized carbons (Fsp3) is 0.273. The van der Waals surface area contributed by atoms with E-state index in [4.69, 9.17) is 17.3 Å². The average Bonchev–Trinajstić information content (AvgIpc) is 2.51. The summed E-state index contributed by atoms with van der Waals surface area (Å²) in [6.07, 6.45) is 0. The van der Waals surface area contributed by atoms with E-state index in [-0.39, 0.29) is 0 Å². The van der Waals surface area contributed by atoms with Crippen LogP contribution in [0.1, 0.15) is 17.2 Å². The monoisotopic (exact) mass is 236 g/mol. The van der Waals surface area contributed by atoms with Crippen molar-refractivity contribution in [2.75, 3.05) is 5.73 Å². The van der Waals surface area contributed by atoms with Crippen molar-refractivity contribution in [3.05, 3.63) is 40.4 Å². The molecule has 0 atom stereocenters. The van der Waals surface area contributed by atoms with E-state index in [9.17, 15) is 0 Å². The van der Waals surface area contributed by atoms with Gasteiger partial charge >= 0.3 is 0 Å². The minimum Gasteiger partial charge on any atom is -0.398 e. The van der Waals surface area contributed by atoms with E-state index in [1.165, 1.54) is 0 Å². The standard InChI is InChI=1S/C11H13ClN4/c1-7-14-8(2)16(15-7)6-9-3-4-10(12)11(13)5-9/h3-5H,6,13H2,1-2H3. The molecule has 0 fully saturated rings. The number of hydrogen-bond acceptors (Lipinski definition) is 3. The Hall–Kier alpha value is -1.55. The number of aromatic nitrogens is 3. The summed E-state index contributed by atoms with van der Waals surface area (Å²) in [5.74, 6) is 1.67. The van der Waals surface area contributed by atoms with Gasteiger partial charge in [-0.15, -0.1) is 0 Å². The maximum atomic E-state index is 5.86. The van der Waals surface area contributed by atoms with Crippen LogP contribution in [-0.2, 0) is 6.54 Å². The Morgan fingerprint density at radius 2 is 2.12 bits per heavy atom. The zero-order valence-corrected chi connectivity index (χ0v) is 9.99. The largest absolute Gasteiger partial charge is 0.398 e. The van der Waals surface area contributed by atoms with E-state index in [0.717, 1.165) is 17.2 Å². The lowest BCUT2D eigenvalue weighted by molar-refractivity contribution is 0.656. The molecule has 0 aliphatic carbocycles. The van der Waals surface area contributed by atoms with Gasteiger partial charge in [-0.05, 0) is 31.5 Å². The molecule has 5 heteroatoms. The summed E-state index contributed by atoms with van der Waals surface area (Å²) in [6.45, 7) is 4.47. The third kappa shape index (κ3) is 2.17. The van der Waals surface area contributed by atoms with Gasteiger partial charge in [0.25, 0.3) is 0 Å². The van der Waals surface area contributed by atoms with E-state index < -0.39 is 0 Å². The first-order chi connectivity index (χ1) is 7.56. The molecule has 0 bridgehead atoms. The normalized spacial score (nSPS) is 10.7. The predicted octanol–water partition coefficient (Wildman–Crippen LogP) is 2.18. The van der Waals surface area contributed by atoms with Gasteiger partial charge in [0.05, 0.1) is 17.3 Å². The molecule has 0 spiro atoms. The number of aryl methyl sites for hydroxylation is 2. The van der Waals surface area contributed by atoms with Gasteiger partial charge in [-0.25, -0.2) is 9.67 Å². The zero-order valence-electron chi connectivity index (χ0n) is 9.24. The number of hydrogen-bond donors (Lipinski definition) is 1. The van der Waals surface area contributed by atoms with Crippen molar-refractivity contribution < 1.29 is 0 Å². The molecule has 84 valence electrons. The van der Waals surface area contributed by atoms with Gasteiger partial charge < -0.3 is 5.73 Å². The summed E-state index contributed by atoms with van der Waals surface area (Å²) in [5.41, 5.74) is 7.40. The van der Waals surface area contributed by atoms with Crippen LogP contribution in [-0.4, -0.2) is 14.8 Å². The summed E-state index contributed by atoms with van der Waals surface area (Å²) in [7, 11) is 0. The number of nitrogens with two attached hydrogens (primary N) is 1. The highest BCUT2D eigenvalue weighted by Gasteiger charge is 2.04. The van der Waals surface area contributed by atoms with Crippen LogP contribution in [0.2, 0.25) is 5.02 Å². The van der Waals surface area contributed by atoms with Gasteiger partial charge in [-0.3, -0.25) is 0 Å². The second-order valence-electron chi connectivity index (χ2n) is 3.72. The minimum atomic E-state index is 0.579. The number of nitrogen functional groups attached to an aromatic ring is 1. The quantitative estimate of drug-likeness (QED) is 0.814. The van der Waals surface area contributed by atoms with Crippen LogP contribution in [0.4, 0.5) is 5.69 Å². The molecule has 2 rings (SSSR count). The van der Waals surface area contributed by atoms with Crippen molar-refractivity contribution in [1.82, 2.24) is 14.8 Å².